The molecule has 1 atom stereocenters. The maximum Gasteiger partial charge on any atom is 0.252 e. The summed E-state index contributed by atoms with van der Waals surface area (Å²) in [6, 6.07) is 1.96. The Hall–Kier alpha value is -1.79. The number of hydrogen-bond donors (Lipinski definition) is 1. The van der Waals surface area contributed by atoms with Gasteiger partial charge in [-0.2, -0.15) is 0 Å². The summed E-state index contributed by atoms with van der Waals surface area (Å²) >= 11 is 1.63. The van der Waals surface area contributed by atoms with Crippen LogP contribution >= 0.6 is 11.3 Å². The monoisotopic (exact) mass is 359 g/mol. The molecule has 3 rings (SSSR count). The number of aromatic nitrogens is 2. The van der Waals surface area contributed by atoms with E-state index < -0.39 is 0 Å². The molecule has 1 aliphatic rings. The second-order valence-corrected chi connectivity index (χ2v) is 7.97. The Bertz CT molecular complexity index is 719. The summed E-state index contributed by atoms with van der Waals surface area (Å²) in [5.74, 6) is 1.10. The minimum Gasteiger partial charge on any atom is -0.367 e. The number of amides is 1. The van der Waals surface area contributed by atoms with Crippen molar-refractivity contribution >= 4 is 17.2 Å². The standard InChI is InChI=1S/C19H25N3O2S/c1-13(2)16-8-15(12-25-16)17(23)20-9-14-10-21-18(22-11-14)19(3)6-4-5-7-24-19/h8,10-13H,4-7,9H2,1-3H3,(H,20,23). The van der Waals surface area contributed by atoms with Crippen LogP contribution in [-0.2, 0) is 16.9 Å². The molecule has 5 nitrogen and oxygen atoms in total. The average Bonchev–Trinajstić information content (AvgIpc) is 3.11. The Morgan fingerprint density at radius 2 is 2.12 bits per heavy atom. The molecule has 2 aromatic rings. The molecule has 0 aromatic carbocycles. The van der Waals surface area contributed by atoms with E-state index in [9.17, 15) is 4.79 Å². The van der Waals surface area contributed by atoms with E-state index >= 15 is 0 Å². The number of hydrogen-bond acceptors (Lipinski definition) is 5. The molecule has 6 heteroatoms. The number of carbonyl (C=O) groups excluding carboxylic acids is 1. The van der Waals surface area contributed by atoms with Crippen molar-refractivity contribution in [2.24, 2.45) is 0 Å². The highest BCUT2D eigenvalue weighted by Crippen LogP contribution is 2.32. The molecule has 1 fully saturated rings. The molecule has 1 unspecified atom stereocenters. The van der Waals surface area contributed by atoms with E-state index in [0.717, 1.165) is 37.3 Å². The van der Waals surface area contributed by atoms with E-state index in [0.29, 0.717) is 18.0 Å². The van der Waals surface area contributed by atoms with Crippen molar-refractivity contribution in [3.8, 4) is 0 Å². The highest BCUT2D eigenvalue weighted by Gasteiger charge is 2.32. The smallest absolute Gasteiger partial charge is 0.252 e. The Morgan fingerprint density at radius 3 is 2.72 bits per heavy atom. The fourth-order valence-electron chi connectivity index (χ4n) is 2.89. The van der Waals surface area contributed by atoms with Gasteiger partial charge in [-0.05, 0) is 38.2 Å². The van der Waals surface area contributed by atoms with Crippen molar-refractivity contribution in [2.75, 3.05) is 6.61 Å². The van der Waals surface area contributed by atoms with E-state index in [1.807, 2.05) is 18.4 Å². The first-order chi connectivity index (χ1) is 12.0. The van der Waals surface area contributed by atoms with Crippen LogP contribution in [0, 0.1) is 0 Å². The third-order valence-electron chi connectivity index (χ3n) is 4.55. The van der Waals surface area contributed by atoms with Crippen LogP contribution in [0.5, 0.6) is 0 Å². The topological polar surface area (TPSA) is 64.1 Å². The van der Waals surface area contributed by atoms with Gasteiger partial charge in [-0.3, -0.25) is 4.79 Å². The van der Waals surface area contributed by atoms with Gasteiger partial charge in [-0.15, -0.1) is 11.3 Å². The number of rotatable bonds is 5. The zero-order chi connectivity index (χ0) is 17.9. The third-order valence-corrected chi connectivity index (χ3v) is 5.78. The van der Waals surface area contributed by atoms with Crippen molar-refractivity contribution in [2.45, 2.75) is 58.1 Å². The summed E-state index contributed by atoms with van der Waals surface area (Å²) in [6.07, 6.45) is 6.73. The number of carbonyl (C=O) groups is 1. The molecule has 1 saturated heterocycles. The lowest BCUT2D eigenvalue weighted by Gasteiger charge is -2.32. The number of nitrogens with zero attached hydrogens (tertiary/aromatic N) is 2. The van der Waals surface area contributed by atoms with Crippen molar-refractivity contribution in [3.05, 3.63) is 45.7 Å². The molecule has 1 aliphatic heterocycles. The molecule has 1 amide bonds. The molecule has 25 heavy (non-hydrogen) atoms. The van der Waals surface area contributed by atoms with Crippen molar-refractivity contribution in [1.29, 1.82) is 0 Å². The van der Waals surface area contributed by atoms with E-state index in [-0.39, 0.29) is 11.5 Å². The van der Waals surface area contributed by atoms with Crippen LogP contribution in [0.3, 0.4) is 0 Å². The van der Waals surface area contributed by atoms with Gasteiger partial charge in [0.05, 0.1) is 5.56 Å². The average molecular weight is 359 g/mol. The normalized spacial score (nSPS) is 20.6. The van der Waals surface area contributed by atoms with Gasteiger partial charge in [0, 0.05) is 41.4 Å². The summed E-state index contributed by atoms with van der Waals surface area (Å²) < 4.78 is 5.88. The maximum atomic E-state index is 12.3. The third kappa shape index (κ3) is 4.25. The molecule has 1 N–H and O–H groups in total. The van der Waals surface area contributed by atoms with Gasteiger partial charge >= 0.3 is 0 Å². The van der Waals surface area contributed by atoms with Gasteiger partial charge in [0.2, 0.25) is 0 Å². The minimum atomic E-state index is -0.385. The summed E-state index contributed by atoms with van der Waals surface area (Å²) in [5, 5.41) is 4.84. The van der Waals surface area contributed by atoms with Crippen LogP contribution in [0.25, 0.3) is 0 Å². The largest absolute Gasteiger partial charge is 0.367 e. The Kier molecular flexibility index (Phi) is 5.49. The first kappa shape index (κ1) is 18.0. The van der Waals surface area contributed by atoms with Gasteiger partial charge in [-0.25, -0.2) is 9.97 Å². The van der Waals surface area contributed by atoms with Crippen molar-refractivity contribution in [3.63, 3.8) is 0 Å². The fraction of sp³-hybridized carbons (Fsp3) is 0.526. The zero-order valence-corrected chi connectivity index (χ0v) is 15.9. The van der Waals surface area contributed by atoms with Gasteiger partial charge in [0.15, 0.2) is 5.82 Å². The maximum absolute atomic E-state index is 12.3. The summed E-state index contributed by atoms with van der Waals surface area (Å²) in [5.41, 5.74) is 1.22. The van der Waals surface area contributed by atoms with Crippen molar-refractivity contribution < 1.29 is 9.53 Å². The van der Waals surface area contributed by atoms with Crippen molar-refractivity contribution in [1.82, 2.24) is 15.3 Å². The predicted molar refractivity (Wildman–Crippen MR) is 98.8 cm³/mol. The first-order valence-electron chi connectivity index (χ1n) is 8.80. The quantitative estimate of drug-likeness (QED) is 0.876. The van der Waals surface area contributed by atoms with E-state index in [1.54, 1.807) is 23.7 Å². The molecule has 0 aliphatic carbocycles. The summed E-state index contributed by atoms with van der Waals surface area (Å²) in [6.45, 7) is 7.48. The fourth-order valence-corrected chi connectivity index (χ4v) is 3.79. The van der Waals surface area contributed by atoms with Crippen LogP contribution < -0.4 is 5.32 Å². The highest BCUT2D eigenvalue weighted by molar-refractivity contribution is 7.10. The number of nitrogens with one attached hydrogen (secondary N) is 1. The molecule has 0 spiro atoms. The van der Waals surface area contributed by atoms with Crippen LogP contribution in [0.15, 0.2) is 23.8 Å². The molecule has 134 valence electrons. The Balaban J connectivity index is 1.58. The molecule has 0 bridgehead atoms. The molecule has 0 radical (unpaired) electrons. The zero-order valence-electron chi connectivity index (χ0n) is 15.0. The Morgan fingerprint density at radius 1 is 1.36 bits per heavy atom. The van der Waals surface area contributed by atoms with Gasteiger partial charge in [0.25, 0.3) is 5.91 Å². The first-order valence-corrected chi connectivity index (χ1v) is 9.68. The summed E-state index contributed by atoms with van der Waals surface area (Å²) in [7, 11) is 0. The molecule has 2 aromatic heterocycles. The van der Waals surface area contributed by atoms with Gasteiger partial charge < -0.3 is 10.1 Å². The SMILES string of the molecule is CC(C)c1cc(C(=O)NCc2cnc(C3(C)CCCCO3)nc2)cs1. The second-order valence-electron chi connectivity index (χ2n) is 7.03. The van der Waals surface area contributed by atoms with Gasteiger partial charge in [-0.1, -0.05) is 13.8 Å². The molecular weight excluding hydrogens is 334 g/mol. The Labute approximate surface area is 152 Å². The van der Waals surface area contributed by atoms with Crippen LogP contribution in [-0.4, -0.2) is 22.5 Å². The molecular formula is C19H25N3O2S. The lowest BCUT2D eigenvalue weighted by atomic mass is 9.95. The van der Waals surface area contributed by atoms with E-state index in [1.165, 1.54) is 4.88 Å². The highest BCUT2D eigenvalue weighted by atomic mass is 32.1. The van der Waals surface area contributed by atoms with Crippen LogP contribution in [0.4, 0.5) is 0 Å². The summed E-state index contributed by atoms with van der Waals surface area (Å²) in [4.78, 5) is 22.4. The van der Waals surface area contributed by atoms with E-state index in [4.69, 9.17) is 4.74 Å². The lowest BCUT2D eigenvalue weighted by molar-refractivity contribution is -0.0760. The van der Waals surface area contributed by atoms with Crippen LogP contribution in [0.1, 0.15) is 72.6 Å². The minimum absolute atomic E-state index is 0.0604. The predicted octanol–water partition coefficient (Wildman–Crippen LogP) is 4.01. The van der Waals surface area contributed by atoms with E-state index in [2.05, 4.69) is 29.1 Å². The molecule has 3 heterocycles. The number of thiophene rings is 1. The lowest BCUT2D eigenvalue weighted by Crippen LogP contribution is -2.32. The van der Waals surface area contributed by atoms with Gasteiger partial charge in [0.1, 0.15) is 5.60 Å². The van der Waals surface area contributed by atoms with Crippen LogP contribution in [0.2, 0.25) is 0 Å². The second kappa shape index (κ2) is 7.62. The molecule has 0 saturated carbocycles. The number of ether oxygens (including phenoxy) is 1.